The molecule has 0 saturated carbocycles. The lowest BCUT2D eigenvalue weighted by Crippen LogP contribution is -2.52. The van der Waals surface area contributed by atoms with E-state index in [4.69, 9.17) is 0 Å². The second kappa shape index (κ2) is 8.94. The number of likely N-dealkylation sites (N-methyl/N-ethyl adjacent to an activating group) is 1. The molecule has 1 aliphatic rings. The number of nitrogens with zero attached hydrogens (tertiary/aromatic N) is 2. The van der Waals surface area contributed by atoms with Gasteiger partial charge in [-0.05, 0) is 53.4 Å². The fourth-order valence-corrected chi connectivity index (χ4v) is 4.08. The van der Waals surface area contributed by atoms with Crippen LogP contribution in [-0.4, -0.2) is 71.0 Å². The summed E-state index contributed by atoms with van der Waals surface area (Å²) in [6.45, 7) is 2.88. The van der Waals surface area contributed by atoms with Crippen LogP contribution in [0.1, 0.15) is 32.1 Å². The Morgan fingerprint density at radius 1 is 1.25 bits per heavy atom. The van der Waals surface area contributed by atoms with E-state index in [-0.39, 0.29) is 6.04 Å². The Morgan fingerprint density at radius 2 is 2.00 bits per heavy atom. The van der Waals surface area contributed by atoms with E-state index < -0.39 is 10.2 Å². The monoisotopic (exact) mass is 306 g/mol. The van der Waals surface area contributed by atoms with Crippen LogP contribution in [-0.2, 0) is 10.2 Å². The number of piperidine rings is 1. The van der Waals surface area contributed by atoms with E-state index in [0.29, 0.717) is 13.1 Å². The quantitative estimate of drug-likeness (QED) is 0.599. The molecule has 1 aliphatic heterocycles. The molecule has 0 radical (unpaired) electrons. The zero-order chi connectivity index (χ0) is 15.0. The third-order valence-corrected chi connectivity index (χ3v) is 5.31. The van der Waals surface area contributed by atoms with Gasteiger partial charge in [-0.3, -0.25) is 0 Å². The molecule has 0 amide bonds. The van der Waals surface area contributed by atoms with Gasteiger partial charge in [0, 0.05) is 25.7 Å². The summed E-state index contributed by atoms with van der Waals surface area (Å²) in [6.07, 6.45) is 4.91. The summed E-state index contributed by atoms with van der Waals surface area (Å²) >= 11 is 0. The Hall–Kier alpha value is -0.210. The Labute approximate surface area is 124 Å². The van der Waals surface area contributed by atoms with Gasteiger partial charge in [-0.1, -0.05) is 6.42 Å². The van der Waals surface area contributed by atoms with Crippen molar-refractivity contribution >= 4 is 10.2 Å². The molecule has 1 unspecified atom stereocenters. The summed E-state index contributed by atoms with van der Waals surface area (Å²) in [5, 5.41) is 3.09. The lowest BCUT2D eigenvalue weighted by atomic mass is 10.1. The molecule has 1 fully saturated rings. The largest absolute Gasteiger partial charge is 0.318 e. The van der Waals surface area contributed by atoms with E-state index in [1.54, 1.807) is 4.31 Å². The number of rotatable bonds is 9. The van der Waals surface area contributed by atoms with Crippen LogP contribution in [0.4, 0.5) is 0 Å². The standard InChI is InChI=1S/C13H30N4O2S/c1-14-12-13-8-4-6-11-17(13)20(18,19)15-9-5-7-10-16(2)3/h13-15H,4-12H2,1-3H3. The predicted octanol–water partition coefficient (Wildman–Crippen LogP) is 0.237. The van der Waals surface area contributed by atoms with Crippen molar-refractivity contribution in [3.63, 3.8) is 0 Å². The molecule has 20 heavy (non-hydrogen) atoms. The van der Waals surface area contributed by atoms with Crippen molar-refractivity contribution in [2.75, 3.05) is 47.3 Å². The molecule has 1 atom stereocenters. The first kappa shape index (κ1) is 17.8. The molecule has 7 heteroatoms. The minimum absolute atomic E-state index is 0.0908. The highest BCUT2D eigenvalue weighted by Crippen LogP contribution is 2.19. The molecule has 0 aromatic heterocycles. The molecule has 120 valence electrons. The molecular formula is C13H30N4O2S. The van der Waals surface area contributed by atoms with Gasteiger partial charge in [0.25, 0.3) is 10.2 Å². The van der Waals surface area contributed by atoms with Crippen molar-refractivity contribution < 1.29 is 8.42 Å². The molecule has 6 nitrogen and oxygen atoms in total. The average Bonchev–Trinajstić information content (AvgIpc) is 2.38. The van der Waals surface area contributed by atoms with Crippen molar-refractivity contribution in [2.45, 2.75) is 38.1 Å². The Bertz CT molecular complexity index is 357. The first-order valence-corrected chi connectivity index (χ1v) is 8.97. The topological polar surface area (TPSA) is 64.7 Å². The van der Waals surface area contributed by atoms with Gasteiger partial charge in [0.05, 0.1) is 0 Å². The van der Waals surface area contributed by atoms with Gasteiger partial charge in [-0.2, -0.15) is 12.7 Å². The maximum Gasteiger partial charge on any atom is 0.279 e. The predicted molar refractivity (Wildman–Crippen MR) is 83.0 cm³/mol. The molecule has 0 bridgehead atoms. The Balaban J connectivity index is 2.41. The van der Waals surface area contributed by atoms with E-state index >= 15 is 0 Å². The van der Waals surface area contributed by atoms with Crippen molar-refractivity contribution in [3.05, 3.63) is 0 Å². The second-order valence-corrected chi connectivity index (χ2v) is 7.44. The van der Waals surface area contributed by atoms with Gasteiger partial charge in [-0.15, -0.1) is 0 Å². The summed E-state index contributed by atoms with van der Waals surface area (Å²) < 4.78 is 29.1. The number of hydrogen-bond donors (Lipinski definition) is 2. The first-order chi connectivity index (χ1) is 9.47. The van der Waals surface area contributed by atoms with Crippen LogP contribution in [0.25, 0.3) is 0 Å². The lowest BCUT2D eigenvalue weighted by molar-refractivity contribution is 0.246. The van der Waals surface area contributed by atoms with Crippen LogP contribution >= 0.6 is 0 Å². The van der Waals surface area contributed by atoms with E-state index in [2.05, 4.69) is 14.9 Å². The summed E-state index contributed by atoms with van der Waals surface area (Å²) in [5.74, 6) is 0. The van der Waals surface area contributed by atoms with Crippen molar-refractivity contribution in [1.29, 1.82) is 0 Å². The van der Waals surface area contributed by atoms with E-state index in [1.165, 1.54) is 0 Å². The van der Waals surface area contributed by atoms with Gasteiger partial charge >= 0.3 is 0 Å². The maximum atomic E-state index is 12.3. The fourth-order valence-electron chi connectivity index (χ4n) is 2.57. The van der Waals surface area contributed by atoms with Crippen LogP contribution in [0.2, 0.25) is 0 Å². The number of unbranched alkanes of at least 4 members (excludes halogenated alkanes) is 1. The number of hydrogen-bond acceptors (Lipinski definition) is 4. The normalized spacial score (nSPS) is 21.5. The van der Waals surface area contributed by atoms with Gasteiger partial charge in [0.2, 0.25) is 0 Å². The van der Waals surface area contributed by atoms with E-state index in [0.717, 1.165) is 45.2 Å². The Kier molecular flexibility index (Phi) is 7.98. The van der Waals surface area contributed by atoms with Crippen LogP contribution in [0.3, 0.4) is 0 Å². The first-order valence-electron chi connectivity index (χ1n) is 7.53. The zero-order valence-electron chi connectivity index (χ0n) is 13.1. The van der Waals surface area contributed by atoms with Crippen LogP contribution in [0.15, 0.2) is 0 Å². The molecule has 1 saturated heterocycles. The second-order valence-electron chi connectivity index (χ2n) is 5.73. The highest BCUT2D eigenvalue weighted by atomic mass is 32.2. The summed E-state index contributed by atoms with van der Waals surface area (Å²) in [5.41, 5.74) is 0. The molecule has 0 aromatic carbocycles. The van der Waals surface area contributed by atoms with Crippen LogP contribution in [0, 0.1) is 0 Å². The molecule has 1 heterocycles. The summed E-state index contributed by atoms with van der Waals surface area (Å²) in [7, 11) is 2.60. The Morgan fingerprint density at radius 3 is 2.65 bits per heavy atom. The minimum Gasteiger partial charge on any atom is -0.318 e. The molecule has 0 aliphatic carbocycles. The highest BCUT2D eigenvalue weighted by molar-refractivity contribution is 7.87. The summed E-state index contributed by atoms with van der Waals surface area (Å²) in [6, 6.07) is 0.0908. The van der Waals surface area contributed by atoms with Crippen LogP contribution in [0.5, 0.6) is 0 Å². The molecule has 2 N–H and O–H groups in total. The van der Waals surface area contributed by atoms with Crippen molar-refractivity contribution in [2.24, 2.45) is 0 Å². The molecule has 0 aromatic rings. The lowest BCUT2D eigenvalue weighted by Gasteiger charge is -2.34. The smallest absolute Gasteiger partial charge is 0.279 e. The van der Waals surface area contributed by atoms with Crippen molar-refractivity contribution in [1.82, 2.24) is 19.2 Å². The molecule has 0 spiro atoms. The number of nitrogens with one attached hydrogen (secondary N) is 2. The fraction of sp³-hybridized carbons (Fsp3) is 1.00. The zero-order valence-corrected chi connectivity index (χ0v) is 13.9. The third kappa shape index (κ3) is 6.05. The van der Waals surface area contributed by atoms with Gasteiger partial charge < -0.3 is 10.2 Å². The maximum absolute atomic E-state index is 12.3. The summed E-state index contributed by atoms with van der Waals surface area (Å²) in [4.78, 5) is 2.11. The molecule has 1 rings (SSSR count). The average molecular weight is 306 g/mol. The SMILES string of the molecule is CNCC1CCCCN1S(=O)(=O)NCCCCN(C)C. The van der Waals surface area contributed by atoms with Gasteiger partial charge in [0.1, 0.15) is 0 Å². The van der Waals surface area contributed by atoms with Crippen LogP contribution < -0.4 is 10.0 Å². The van der Waals surface area contributed by atoms with Crippen molar-refractivity contribution in [3.8, 4) is 0 Å². The van der Waals surface area contributed by atoms with E-state index in [1.807, 2.05) is 21.1 Å². The highest BCUT2D eigenvalue weighted by Gasteiger charge is 2.31. The van der Waals surface area contributed by atoms with E-state index in [9.17, 15) is 8.42 Å². The van der Waals surface area contributed by atoms with Gasteiger partial charge in [-0.25, -0.2) is 4.72 Å². The minimum atomic E-state index is -3.33. The third-order valence-electron chi connectivity index (χ3n) is 3.64. The molecular weight excluding hydrogens is 276 g/mol. The van der Waals surface area contributed by atoms with Gasteiger partial charge in [0.15, 0.2) is 0 Å².